The fourth-order valence-corrected chi connectivity index (χ4v) is 6.33. The van der Waals surface area contributed by atoms with E-state index in [-0.39, 0.29) is 19.0 Å². The Kier molecular flexibility index (Phi) is 5.30. The van der Waals surface area contributed by atoms with E-state index in [0.717, 1.165) is 51.2 Å². The molecule has 7 nitrogen and oxygen atoms in total. The number of anilines is 1. The third-order valence-electron chi connectivity index (χ3n) is 6.37. The van der Waals surface area contributed by atoms with Crippen molar-refractivity contribution >= 4 is 62.5 Å². The summed E-state index contributed by atoms with van der Waals surface area (Å²) in [6.45, 7) is -0.0876. The van der Waals surface area contributed by atoms with Crippen LogP contribution >= 0.6 is 35.3 Å². The second kappa shape index (κ2) is 7.86. The standard InChI is InChI=1S/C21H21ClN6OS.ClH/c22-18-13(3-4-15-20(18)30-17(9-29)26-15)14-7-25-21-19(14)24-8-16(27-21)28-11-1-2-12(28)6-10(23)5-11;/h3-4,7-8,10-12,29H,1-2,5-6,9,23H2,(H,25,27);1H. The van der Waals surface area contributed by atoms with E-state index in [1.54, 1.807) is 0 Å². The normalized spacial score (nSPS) is 22.9. The summed E-state index contributed by atoms with van der Waals surface area (Å²) in [5.74, 6) is 0.923. The van der Waals surface area contributed by atoms with Crippen molar-refractivity contribution in [1.29, 1.82) is 0 Å². The monoisotopic (exact) mass is 476 g/mol. The molecule has 0 aliphatic carbocycles. The molecule has 2 fully saturated rings. The van der Waals surface area contributed by atoms with E-state index in [2.05, 4.69) is 14.9 Å². The summed E-state index contributed by atoms with van der Waals surface area (Å²) in [5, 5.41) is 10.7. The van der Waals surface area contributed by atoms with Crippen molar-refractivity contribution in [2.45, 2.75) is 50.4 Å². The molecule has 2 aliphatic heterocycles. The zero-order chi connectivity index (χ0) is 20.4. The molecule has 162 valence electrons. The van der Waals surface area contributed by atoms with E-state index in [0.29, 0.717) is 28.2 Å². The fraction of sp³-hybridized carbons (Fsp3) is 0.381. The number of halogens is 2. The molecule has 0 radical (unpaired) electrons. The Labute approximate surface area is 194 Å². The van der Waals surface area contributed by atoms with Gasteiger partial charge in [0.05, 0.1) is 28.0 Å². The Hall–Kier alpha value is -1.97. The number of aromatic nitrogens is 4. The van der Waals surface area contributed by atoms with Gasteiger partial charge in [0.25, 0.3) is 0 Å². The van der Waals surface area contributed by atoms with Crippen molar-refractivity contribution in [2.24, 2.45) is 5.73 Å². The molecule has 31 heavy (non-hydrogen) atoms. The topological polar surface area (TPSA) is 104 Å². The lowest BCUT2D eigenvalue weighted by atomic mass is 9.98. The van der Waals surface area contributed by atoms with Crippen molar-refractivity contribution < 1.29 is 5.11 Å². The lowest BCUT2D eigenvalue weighted by Gasteiger charge is -2.38. The predicted molar refractivity (Wildman–Crippen MR) is 127 cm³/mol. The zero-order valence-corrected chi connectivity index (χ0v) is 19.0. The number of nitrogens with one attached hydrogen (secondary N) is 1. The van der Waals surface area contributed by atoms with Gasteiger partial charge in [0.1, 0.15) is 16.3 Å². The molecule has 4 N–H and O–H groups in total. The van der Waals surface area contributed by atoms with Crippen LogP contribution in [0, 0.1) is 0 Å². The maximum atomic E-state index is 9.38. The molecule has 4 aromatic rings. The van der Waals surface area contributed by atoms with Crippen molar-refractivity contribution in [3.63, 3.8) is 0 Å². The number of benzene rings is 1. The molecule has 6 rings (SSSR count). The molecule has 1 aromatic carbocycles. The maximum Gasteiger partial charge on any atom is 0.159 e. The lowest BCUT2D eigenvalue weighted by molar-refractivity contribution is 0.281. The van der Waals surface area contributed by atoms with Crippen molar-refractivity contribution in [2.75, 3.05) is 4.90 Å². The Balaban J connectivity index is 0.00000204. The number of hydrogen-bond donors (Lipinski definition) is 3. The number of thiazole rings is 1. The highest BCUT2D eigenvalue weighted by atomic mass is 35.5. The first kappa shape index (κ1) is 20.9. The van der Waals surface area contributed by atoms with Crippen LogP contribution in [0.1, 0.15) is 30.7 Å². The molecular formula is C21H22Cl2N6OS. The highest BCUT2D eigenvalue weighted by molar-refractivity contribution is 7.19. The van der Waals surface area contributed by atoms with Crippen LogP contribution in [0.25, 0.3) is 32.5 Å². The van der Waals surface area contributed by atoms with E-state index >= 15 is 0 Å². The van der Waals surface area contributed by atoms with Crippen molar-refractivity contribution in [3.05, 3.63) is 34.6 Å². The quantitative estimate of drug-likeness (QED) is 0.407. The molecule has 2 unspecified atom stereocenters. The van der Waals surface area contributed by atoms with Crippen LogP contribution in [0.4, 0.5) is 5.82 Å². The van der Waals surface area contributed by atoms with Gasteiger partial charge in [-0.1, -0.05) is 17.7 Å². The van der Waals surface area contributed by atoms with Crippen LogP contribution in [-0.4, -0.2) is 43.2 Å². The fourth-order valence-electron chi connectivity index (χ4n) is 5.09. The van der Waals surface area contributed by atoms with Gasteiger partial charge in [-0.3, -0.25) is 0 Å². The van der Waals surface area contributed by atoms with Crippen LogP contribution in [0.3, 0.4) is 0 Å². The van der Waals surface area contributed by atoms with Crippen LogP contribution in [0.2, 0.25) is 5.02 Å². The van der Waals surface area contributed by atoms with Crippen LogP contribution in [0.15, 0.2) is 24.5 Å². The number of aliphatic hydroxyl groups is 1. The highest BCUT2D eigenvalue weighted by Crippen LogP contribution is 2.41. The van der Waals surface area contributed by atoms with Gasteiger partial charge < -0.3 is 20.7 Å². The highest BCUT2D eigenvalue weighted by Gasteiger charge is 2.40. The molecule has 3 aromatic heterocycles. The molecular weight excluding hydrogens is 455 g/mol. The van der Waals surface area contributed by atoms with Crippen molar-refractivity contribution in [3.8, 4) is 11.1 Å². The van der Waals surface area contributed by atoms with Gasteiger partial charge in [0.2, 0.25) is 0 Å². The summed E-state index contributed by atoms with van der Waals surface area (Å²) in [6, 6.07) is 5.10. The van der Waals surface area contributed by atoms with Gasteiger partial charge >= 0.3 is 0 Å². The van der Waals surface area contributed by atoms with E-state index in [1.807, 2.05) is 24.5 Å². The Bertz CT molecular complexity index is 1260. The number of nitrogens with two attached hydrogens (primary N) is 1. The van der Waals surface area contributed by atoms with E-state index in [9.17, 15) is 5.11 Å². The first-order valence-electron chi connectivity index (χ1n) is 10.2. The third-order valence-corrected chi connectivity index (χ3v) is 7.95. The minimum absolute atomic E-state index is 0. The molecule has 10 heteroatoms. The van der Waals surface area contributed by atoms with E-state index < -0.39 is 0 Å². The average molecular weight is 477 g/mol. The average Bonchev–Trinajstić information content (AvgIpc) is 3.42. The van der Waals surface area contributed by atoms with Gasteiger partial charge in [-0.25, -0.2) is 15.0 Å². The number of piperidine rings is 1. The molecule has 5 heterocycles. The van der Waals surface area contributed by atoms with Crippen LogP contribution in [0.5, 0.6) is 0 Å². The minimum Gasteiger partial charge on any atom is -0.389 e. The number of aliphatic hydroxyl groups excluding tert-OH is 1. The number of H-pyrrole nitrogens is 1. The molecule has 2 atom stereocenters. The number of hydrogen-bond acceptors (Lipinski definition) is 7. The molecule has 0 amide bonds. The van der Waals surface area contributed by atoms with Gasteiger partial charge in [0.15, 0.2) is 5.65 Å². The number of nitrogens with zero attached hydrogens (tertiary/aromatic N) is 4. The molecule has 2 aliphatic rings. The second-order valence-corrected chi connectivity index (χ2v) is 9.65. The van der Waals surface area contributed by atoms with Gasteiger partial charge in [-0.05, 0) is 31.7 Å². The predicted octanol–water partition coefficient (Wildman–Crippen LogP) is 4.26. The van der Waals surface area contributed by atoms with E-state index in [1.165, 1.54) is 24.2 Å². The smallest absolute Gasteiger partial charge is 0.159 e. The maximum absolute atomic E-state index is 9.38. The Morgan fingerprint density at radius 1 is 1.19 bits per heavy atom. The molecule has 2 saturated heterocycles. The number of aromatic amines is 1. The summed E-state index contributed by atoms with van der Waals surface area (Å²) in [7, 11) is 0. The third kappa shape index (κ3) is 3.29. The SMILES string of the molecule is Cl.NC1CC2CCC(C1)N2c1cnc2c(-c3ccc4nc(CO)sc4c3Cl)c[nH]c2n1. The zero-order valence-electron chi connectivity index (χ0n) is 16.6. The van der Waals surface area contributed by atoms with Crippen LogP contribution < -0.4 is 10.6 Å². The number of fused-ring (bicyclic) bond motifs is 4. The summed E-state index contributed by atoms with van der Waals surface area (Å²) < 4.78 is 0.873. The van der Waals surface area contributed by atoms with E-state index in [4.69, 9.17) is 27.3 Å². The molecule has 0 saturated carbocycles. The summed E-state index contributed by atoms with van der Waals surface area (Å²) in [5.41, 5.74) is 10.4. The number of rotatable bonds is 3. The largest absolute Gasteiger partial charge is 0.389 e. The minimum atomic E-state index is -0.0876. The molecule has 0 spiro atoms. The van der Waals surface area contributed by atoms with Gasteiger partial charge in [-0.2, -0.15) is 0 Å². The second-order valence-electron chi connectivity index (χ2n) is 8.19. The Morgan fingerprint density at radius 3 is 2.71 bits per heavy atom. The summed E-state index contributed by atoms with van der Waals surface area (Å²) >= 11 is 8.14. The first-order valence-corrected chi connectivity index (χ1v) is 11.4. The molecule has 2 bridgehead atoms. The van der Waals surface area contributed by atoms with Crippen molar-refractivity contribution in [1.82, 2.24) is 19.9 Å². The first-order chi connectivity index (χ1) is 14.6. The van der Waals surface area contributed by atoms with Crippen LogP contribution in [-0.2, 0) is 6.61 Å². The Morgan fingerprint density at radius 2 is 1.97 bits per heavy atom. The summed E-state index contributed by atoms with van der Waals surface area (Å²) in [4.78, 5) is 19.8. The van der Waals surface area contributed by atoms with Gasteiger partial charge in [-0.15, -0.1) is 23.7 Å². The summed E-state index contributed by atoms with van der Waals surface area (Å²) in [6.07, 6.45) is 8.18. The lowest BCUT2D eigenvalue weighted by Crippen LogP contribution is -2.47. The van der Waals surface area contributed by atoms with Gasteiger partial charge in [0, 0.05) is 35.4 Å².